The molecular weight excluding hydrogens is 430 g/mol. The van der Waals surface area contributed by atoms with E-state index in [2.05, 4.69) is 16.0 Å². The highest BCUT2D eigenvalue weighted by atomic mass is 16.5. The number of rotatable bonds is 9. The first kappa shape index (κ1) is 25.3. The summed E-state index contributed by atoms with van der Waals surface area (Å²) in [5.74, 6) is -0.256. The van der Waals surface area contributed by atoms with Gasteiger partial charge in [-0.1, -0.05) is 51.7 Å². The summed E-state index contributed by atoms with van der Waals surface area (Å²) in [5, 5.41) is 8.87. The molecule has 7 heteroatoms. The van der Waals surface area contributed by atoms with Gasteiger partial charge in [0.25, 0.3) is 11.8 Å². The monoisotopic (exact) mass is 465 g/mol. The van der Waals surface area contributed by atoms with Gasteiger partial charge >= 0.3 is 0 Å². The predicted molar refractivity (Wildman–Crippen MR) is 133 cm³/mol. The van der Waals surface area contributed by atoms with Crippen molar-refractivity contribution in [3.8, 4) is 5.75 Å². The third-order valence-corrected chi connectivity index (χ3v) is 6.51. The van der Waals surface area contributed by atoms with E-state index in [9.17, 15) is 14.4 Å². The maximum atomic E-state index is 13.2. The number of hydrogen-bond acceptors (Lipinski definition) is 4. The van der Waals surface area contributed by atoms with Crippen molar-refractivity contribution in [2.24, 2.45) is 5.92 Å². The highest BCUT2D eigenvalue weighted by Gasteiger charge is 2.29. The van der Waals surface area contributed by atoms with Crippen molar-refractivity contribution in [3.63, 3.8) is 0 Å². The molecule has 0 heterocycles. The van der Waals surface area contributed by atoms with Gasteiger partial charge in [0.15, 0.2) is 0 Å². The maximum absolute atomic E-state index is 13.2. The van der Waals surface area contributed by atoms with Gasteiger partial charge in [0, 0.05) is 11.6 Å². The highest BCUT2D eigenvalue weighted by molar-refractivity contribution is 6.09. The van der Waals surface area contributed by atoms with Crippen LogP contribution in [0.3, 0.4) is 0 Å². The van der Waals surface area contributed by atoms with E-state index in [1.165, 1.54) is 6.42 Å². The number of anilines is 1. The first-order valence-electron chi connectivity index (χ1n) is 12.1. The van der Waals surface area contributed by atoms with Crippen molar-refractivity contribution in [3.05, 3.63) is 59.7 Å². The zero-order valence-electron chi connectivity index (χ0n) is 20.2. The van der Waals surface area contributed by atoms with Crippen molar-refractivity contribution in [2.75, 3.05) is 12.4 Å². The Morgan fingerprint density at radius 2 is 1.65 bits per heavy atom. The SMILES string of the molecule is CC[C@H](C)[C@@H](NC(=O)c1ccccc1NC(=O)c1ccc(OC)cc1)C(=O)NC1CCCCC1. The molecule has 0 unspecified atom stereocenters. The number of methoxy groups -OCH3 is 1. The smallest absolute Gasteiger partial charge is 0.255 e. The molecule has 1 fully saturated rings. The molecule has 1 aliphatic carbocycles. The zero-order valence-corrected chi connectivity index (χ0v) is 20.2. The van der Waals surface area contributed by atoms with E-state index in [1.807, 2.05) is 13.8 Å². The largest absolute Gasteiger partial charge is 0.497 e. The summed E-state index contributed by atoms with van der Waals surface area (Å²) in [6.07, 6.45) is 6.15. The van der Waals surface area contributed by atoms with E-state index < -0.39 is 11.9 Å². The van der Waals surface area contributed by atoms with Crippen LogP contribution < -0.4 is 20.7 Å². The van der Waals surface area contributed by atoms with Crippen LogP contribution >= 0.6 is 0 Å². The lowest BCUT2D eigenvalue weighted by atomic mass is 9.93. The molecule has 1 saturated carbocycles. The molecule has 0 aromatic heterocycles. The molecule has 0 saturated heterocycles. The van der Waals surface area contributed by atoms with Gasteiger partial charge in [0.2, 0.25) is 5.91 Å². The second kappa shape index (κ2) is 12.2. The fourth-order valence-electron chi connectivity index (χ4n) is 4.19. The molecule has 0 aliphatic heterocycles. The summed E-state index contributed by atoms with van der Waals surface area (Å²) in [5.41, 5.74) is 1.14. The fourth-order valence-corrected chi connectivity index (χ4v) is 4.19. The number of nitrogens with one attached hydrogen (secondary N) is 3. The van der Waals surface area contributed by atoms with E-state index in [0.29, 0.717) is 22.6 Å². The molecule has 34 heavy (non-hydrogen) atoms. The third kappa shape index (κ3) is 6.59. The van der Waals surface area contributed by atoms with E-state index in [4.69, 9.17) is 4.74 Å². The lowest BCUT2D eigenvalue weighted by Crippen LogP contribution is -2.52. The number of para-hydroxylation sites is 1. The molecule has 2 atom stereocenters. The lowest BCUT2D eigenvalue weighted by molar-refractivity contribution is -0.125. The summed E-state index contributed by atoms with van der Waals surface area (Å²) >= 11 is 0. The van der Waals surface area contributed by atoms with Gasteiger partial charge in [-0.05, 0) is 55.2 Å². The molecule has 3 N–H and O–H groups in total. The van der Waals surface area contributed by atoms with Crippen molar-refractivity contribution in [2.45, 2.75) is 64.5 Å². The normalized spacial score (nSPS) is 15.6. The van der Waals surface area contributed by atoms with Crippen molar-refractivity contribution in [1.29, 1.82) is 0 Å². The Hall–Kier alpha value is -3.35. The summed E-state index contributed by atoms with van der Waals surface area (Å²) in [6.45, 7) is 3.96. The minimum atomic E-state index is -0.648. The number of carbonyl (C=O) groups is 3. The summed E-state index contributed by atoms with van der Waals surface area (Å²) < 4.78 is 5.13. The van der Waals surface area contributed by atoms with Crippen molar-refractivity contribution >= 4 is 23.4 Å². The predicted octanol–water partition coefficient (Wildman–Crippen LogP) is 4.54. The third-order valence-electron chi connectivity index (χ3n) is 6.51. The van der Waals surface area contributed by atoms with Crippen LogP contribution in [-0.4, -0.2) is 36.9 Å². The van der Waals surface area contributed by atoms with Crippen molar-refractivity contribution in [1.82, 2.24) is 10.6 Å². The van der Waals surface area contributed by atoms with E-state index in [1.54, 1.807) is 55.6 Å². The first-order chi connectivity index (χ1) is 16.4. The van der Waals surface area contributed by atoms with E-state index in [0.717, 1.165) is 32.1 Å². The van der Waals surface area contributed by atoms with Crippen LogP contribution in [0.1, 0.15) is 73.1 Å². The molecule has 2 aromatic carbocycles. The fraction of sp³-hybridized carbons (Fsp3) is 0.444. The van der Waals surface area contributed by atoms with Crippen LogP contribution in [0.2, 0.25) is 0 Å². The molecular formula is C27H35N3O4. The molecule has 3 amide bonds. The van der Waals surface area contributed by atoms with Crippen LogP contribution in [0.15, 0.2) is 48.5 Å². The topological polar surface area (TPSA) is 96.5 Å². The Morgan fingerprint density at radius 3 is 2.29 bits per heavy atom. The van der Waals surface area contributed by atoms with Gasteiger partial charge in [0.1, 0.15) is 11.8 Å². The van der Waals surface area contributed by atoms with Gasteiger partial charge in [-0.3, -0.25) is 14.4 Å². The number of hydrogen-bond donors (Lipinski definition) is 3. The first-order valence-corrected chi connectivity index (χ1v) is 12.1. The van der Waals surface area contributed by atoms with Gasteiger partial charge in [-0.25, -0.2) is 0 Å². The van der Waals surface area contributed by atoms with Gasteiger partial charge in [-0.15, -0.1) is 0 Å². The van der Waals surface area contributed by atoms with Gasteiger partial charge in [-0.2, -0.15) is 0 Å². The summed E-state index contributed by atoms with van der Waals surface area (Å²) in [7, 11) is 1.56. The number of benzene rings is 2. The number of ether oxygens (including phenoxy) is 1. The molecule has 0 radical (unpaired) electrons. The highest BCUT2D eigenvalue weighted by Crippen LogP contribution is 2.20. The van der Waals surface area contributed by atoms with Gasteiger partial charge in [0.05, 0.1) is 18.4 Å². The van der Waals surface area contributed by atoms with Gasteiger partial charge < -0.3 is 20.7 Å². The minimum Gasteiger partial charge on any atom is -0.497 e. The molecule has 7 nitrogen and oxygen atoms in total. The second-order valence-electron chi connectivity index (χ2n) is 8.91. The number of carbonyl (C=O) groups excluding carboxylic acids is 3. The second-order valence-corrected chi connectivity index (χ2v) is 8.91. The van der Waals surface area contributed by atoms with E-state index >= 15 is 0 Å². The molecule has 2 aromatic rings. The Morgan fingerprint density at radius 1 is 0.971 bits per heavy atom. The molecule has 0 bridgehead atoms. The Balaban J connectivity index is 1.73. The minimum absolute atomic E-state index is 0.0337. The van der Waals surface area contributed by atoms with Crippen LogP contribution in [0.25, 0.3) is 0 Å². The quantitative estimate of drug-likeness (QED) is 0.507. The molecule has 0 spiro atoms. The molecule has 182 valence electrons. The molecule has 1 aliphatic rings. The van der Waals surface area contributed by atoms with Crippen molar-refractivity contribution < 1.29 is 19.1 Å². The summed E-state index contributed by atoms with van der Waals surface area (Å²) in [6, 6.07) is 13.1. The lowest BCUT2D eigenvalue weighted by Gasteiger charge is -2.28. The van der Waals surface area contributed by atoms with Crippen LogP contribution in [0, 0.1) is 5.92 Å². The summed E-state index contributed by atoms with van der Waals surface area (Å²) in [4.78, 5) is 39.1. The molecule has 3 rings (SSSR count). The zero-order chi connectivity index (χ0) is 24.5. The Bertz CT molecular complexity index is 984. The Labute approximate surface area is 201 Å². The number of amides is 3. The van der Waals surface area contributed by atoms with Crippen LogP contribution in [-0.2, 0) is 4.79 Å². The maximum Gasteiger partial charge on any atom is 0.255 e. The van der Waals surface area contributed by atoms with Crippen LogP contribution in [0.5, 0.6) is 5.75 Å². The average molecular weight is 466 g/mol. The Kier molecular flexibility index (Phi) is 9.08. The average Bonchev–Trinajstić information content (AvgIpc) is 2.87. The standard InChI is InChI=1S/C27H35N3O4/c1-4-18(2)24(27(33)28-20-10-6-5-7-11-20)30-26(32)22-12-8-9-13-23(22)29-25(31)19-14-16-21(34-3)17-15-19/h8-9,12-18,20,24H,4-7,10-11H2,1-3H3,(H,28,33)(H,29,31)(H,30,32)/t18-,24+/m0/s1. The van der Waals surface area contributed by atoms with E-state index in [-0.39, 0.29) is 23.8 Å². The van der Waals surface area contributed by atoms with Crippen LogP contribution in [0.4, 0.5) is 5.69 Å².